The topological polar surface area (TPSA) is 53.7 Å². The van der Waals surface area contributed by atoms with Crippen LogP contribution in [0.15, 0.2) is 18.2 Å². The van der Waals surface area contributed by atoms with Crippen LogP contribution in [0.1, 0.15) is 12.8 Å². The van der Waals surface area contributed by atoms with E-state index < -0.39 is 0 Å². The lowest BCUT2D eigenvalue weighted by Crippen LogP contribution is -2.25. The van der Waals surface area contributed by atoms with Crippen molar-refractivity contribution in [1.82, 2.24) is 0 Å². The zero-order valence-electron chi connectivity index (χ0n) is 9.44. The predicted octanol–water partition coefficient (Wildman–Crippen LogP) is 1.84. The minimum Gasteiger partial charge on any atom is -0.495 e. The summed E-state index contributed by atoms with van der Waals surface area (Å²) in [6.45, 7) is 1.55. The van der Waals surface area contributed by atoms with Gasteiger partial charge in [0.1, 0.15) is 17.6 Å². The molecule has 1 heterocycles. The Morgan fingerprint density at radius 1 is 1.31 bits per heavy atom. The fourth-order valence-electron chi connectivity index (χ4n) is 1.77. The Hall–Kier alpha value is -1.42. The summed E-state index contributed by atoms with van der Waals surface area (Å²) in [7, 11) is 1.60. The van der Waals surface area contributed by atoms with E-state index in [0.29, 0.717) is 11.4 Å². The molecule has 4 nitrogen and oxygen atoms in total. The average Bonchev–Trinajstić information content (AvgIpc) is 2.31. The summed E-state index contributed by atoms with van der Waals surface area (Å²) in [5, 5.41) is 0. The molecule has 0 aromatic heterocycles. The van der Waals surface area contributed by atoms with Crippen molar-refractivity contribution in [2.45, 2.75) is 18.9 Å². The van der Waals surface area contributed by atoms with Crippen molar-refractivity contribution < 1.29 is 14.2 Å². The van der Waals surface area contributed by atoms with Gasteiger partial charge in [-0.2, -0.15) is 0 Å². The Kier molecular flexibility index (Phi) is 3.51. The molecule has 0 amide bonds. The van der Waals surface area contributed by atoms with Gasteiger partial charge in [-0.25, -0.2) is 0 Å². The summed E-state index contributed by atoms with van der Waals surface area (Å²) >= 11 is 0. The third kappa shape index (κ3) is 2.58. The first kappa shape index (κ1) is 11.1. The molecule has 2 N–H and O–H groups in total. The van der Waals surface area contributed by atoms with Crippen LogP contribution in [0.2, 0.25) is 0 Å². The maximum Gasteiger partial charge on any atom is 0.142 e. The summed E-state index contributed by atoms with van der Waals surface area (Å²) in [4.78, 5) is 0. The van der Waals surface area contributed by atoms with Crippen molar-refractivity contribution in [1.29, 1.82) is 0 Å². The molecule has 0 radical (unpaired) electrons. The molecular weight excluding hydrogens is 206 g/mol. The van der Waals surface area contributed by atoms with Gasteiger partial charge in [-0.15, -0.1) is 0 Å². The van der Waals surface area contributed by atoms with Gasteiger partial charge in [0.05, 0.1) is 26.0 Å². The second-order valence-electron chi connectivity index (χ2n) is 3.83. The highest BCUT2D eigenvalue weighted by molar-refractivity contribution is 5.56. The van der Waals surface area contributed by atoms with E-state index in [1.807, 2.05) is 12.1 Å². The van der Waals surface area contributed by atoms with Gasteiger partial charge in [0.2, 0.25) is 0 Å². The highest BCUT2D eigenvalue weighted by Crippen LogP contribution is 2.27. The van der Waals surface area contributed by atoms with E-state index in [1.54, 1.807) is 13.2 Å². The number of hydrogen-bond acceptors (Lipinski definition) is 4. The maximum atomic E-state index is 5.82. The zero-order valence-corrected chi connectivity index (χ0v) is 9.44. The fourth-order valence-corrected chi connectivity index (χ4v) is 1.77. The van der Waals surface area contributed by atoms with Crippen molar-refractivity contribution >= 4 is 5.69 Å². The molecular formula is C12H17NO3. The summed E-state index contributed by atoms with van der Waals surface area (Å²) in [6, 6.07) is 5.50. The van der Waals surface area contributed by atoms with E-state index in [9.17, 15) is 0 Å². The molecule has 1 saturated heterocycles. The third-order valence-electron chi connectivity index (χ3n) is 2.67. The average molecular weight is 223 g/mol. The minimum absolute atomic E-state index is 0.238. The normalized spacial score (nSPS) is 17.1. The van der Waals surface area contributed by atoms with E-state index in [0.717, 1.165) is 31.8 Å². The molecule has 1 aliphatic rings. The Morgan fingerprint density at radius 2 is 2.06 bits per heavy atom. The molecule has 16 heavy (non-hydrogen) atoms. The Balaban J connectivity index is 2.01. The smallest absolute Gasteiger partial charge is 0.142 e. The number of rotatable bonds is 3. The molecule has 0 aliphatic carbocycles. The summed E-state index contributed by atoms with van der Waals surface area (Å²) in [6.07, 6.45) is 2.11. The number of ether oxygens (including phenoxy) is 3. The van der Waals surface area contributed by atoms with Crippen LogP contribution in [-0.4, -0.2) is 26.4 Å². The van der Waals surface area contributed by atoms with E-state index in [4.69, 9.17) is 19.9 Å². The molecule has 0 spiro atoms. The number of nitrogen functional groups attached to an aromatic ring is 1. The Morgan fingerprint density at radius 3 is 2.69 bits per heavy atom. The first-order valence-electron chi connectivity index (χ1n) is 5.47. The second kappa shape index (κ2) is 5.07. The van der Waals surface area contributed by atoms with Gasteiger partial charge in [0.15, 0.2) is 0 Å². The molecule has 2 rings (SSSR count). The molecule has 0 saturated carbocycles. The molecule has 0 atom stereocenters. The molecule has 0 bridgehead atoms. The number of anilines is 1. The molecule has 0 unspecified atom stereocenters. The molecule has 1 aliphatic heterocycles. The highest BCUT2D eigenvalue weighted by atomic mass is 16.5. The number of benzene rings is 1. The summed E-state index contributed by atoms with van der Waals surface area (Å²) in [5.74, 6) is 1.48. The number of methoxy groups -OCH3 is 1. The van der Waals surface area contributed by atoms with Gasteiger partial charge in [-0.05, 0) is 12.1 Å². The summed E-state index contributed by atoms with van der Waals surface area (Å²) < 4.78 is 16.2. The minimum atomic E-state index is 0.238. The van der Waals surface area contributed by atoms with Gasteiger partial charge in [0.25, 0.3) is 0 Å². The van der Waals surface area contributed by atoms with Crippen molar-refractivity contribution in [3.05, 3.63) is 18.2 Å². The molecule has 1 aromatic rings. The lowest BCUT2D eigenvalue weighted by atomic mass is 10.1. The van der Waals surface area contributed by atoms with Crippen LogP contribution >= 0.6 is 0 Å². The van der Waals surface area contributed by atoms with E-state index in [2.05, 4.69) is 0 Å². The molecule has 88 valence electrons. The lowest BCUT2D eigenvalue weighted by Gasteiger charge is -2.23. The van der Waals surface area contributed by atoms with E-state index >= 15 is 0 Å². The third-order valence-corrected chi connectivity index (χ3v) is 2.67. The van der Waals surface area contributed by atoms with Crippen molar-refractivity contribution in [2.75, 3.05) is 26.1 Å². The highest BCUT2D eigenvalue weighted by Gasteiger charge is 2.15. The van der Waals surface area contributed by atoms with Crippen molar-refractivity contribution in [2.24, 2.45) is 0 Å². The molecule has 1 fully saturated rings. The van der Waals surface area contributed by atoms with Crippen molar-refractivity contribution in [3.63, 3.8) is 0 Å². The van der Waals surface area contributed by atoms with Crippen LogP contribution in [0.25, 0.3) is 0 Å². The first-order chi connectivity index (χ1) is 7.79. The van der Waals surface area contributed by atoms with Crippen LogP contribution in [0, 0.1) is 0 Å². The van der Waals surface area contributed by atoms with Crippen LogP contribution in [0.3, 0.4) is 0 Å². The SMILES string of the molecule is COc1ccc(OC2CCOCC2)cc1N. The monoisotopic (exact) mass is 223 g/mol. The van der Waals surface area contributed by atoms with Crippen LogP contribution in [-0.2, 0) is 4.74 Å². The van der Waals surface area contributed by atoms with E-state index in [1.165, 1.54) is 0 Å². The largest absolute Gasteiger partial charge is 0.495 e. The van der Waals surface area contributed by atoms with E-state index in [-0.39, 0.29) is 6.10 Å². The van der Waals surface area contributed by atoms with Gasteiger partial charge in [0, 0.05) is 18.9 Å². The fraction of sp³-hybridized carbons (Fsp3) is 0.500. The molecule has 1 aromatic carbocycles. The maximum absolute atomic E-state index is 5.82. The van der Waals surface area contributed by atoms with Gasteiger partial charge < -0.3 is 19.9 Å². The predicted molar refractivity (Wildman–Crippen MR) is 61.9 cm³/mol. The quantitative estimate of drug-likeness (QED) is 0.794. The van der Waals surface area contributed by atoms with Crippen LogP contribution < -0.4 is 15.2 Å². The number of nitrogens with two attached hydrogens (primary N) is 1. The molecule has 4 heteroatoms. The number of hydrogen-bond donors (Lipinski definition) is 1. The summed E-state index contributed by atoms with van der Waals surface area (Å²) in [5.41, 5.74) is 6.41. The van der Waals surface area contributed by atoms with Gasteiger partial charge >= 0.3 is 0 Å². The van der Waals surface area contributed by atoms with Gasteiger partial charge in [-0.1, -0.05) is 0 Å². The zero-order chi connectivity index (χ0) is 11.4. The Labute approximate surface area is 95.3 Å². The second-order valence-corrected chi connectivity index (χ2v) is 3.83. The Bertz CT molecular complexity index is 348. The first-order valence-corrected chi connectivity index (χ1v) is 5.47. The lowest BCUT2D eigenvalue weighted by molar-refractivity contribution is 0.0256. The van der Waals surface area contributed by atoms with Crippen LogP contribution in [0.4, 0.5) is 5.69 Å². The standard InChI is InChI=1S/C12H17NO3/c1-14-12-3-2-10(8-11(12)13)16-9-4-6-15-7-5-9/h2-3,8-9H,4-7,13H2,1H3. The van der Waals surface area contributed by atoms with Crippen molar-refractivity contribution in [3.8, 4) is 11.5 Å². The van der Waals surface area contributed by atoms with Crippen LogP contribution in [0.5, 0.6) is 11.5 Å². The van der Waals surface area contributed by atoms with Gasteiger partial charge in [-0.3, -0.25) is 0 Å².